The van der Waals surface area contributed by atoms with Crippen LogP contribution >= 0.6 is 0 Å². The van der Waals surface area contributed by atoms with Crippen molar-refractivity contribution in [3.63, 3.8) is 0 Å². The fourth-order valence-corrected chi connectivity index (χ4v) is 2.31. The number of nitrogens with one attached hydrogen (secondary N) is 2. The number of amides is 1. The van der Waals surface area contributed by atoms with E-state index < -0.39 is 0 Å². The van der Waals surface area contributed by atoms with E-state index in [2.05, 4.69) is 17.6 Å². The molecule has 1 fully saturated rings. The molecule has 1 aromatic rings. The summed E-state index contributed by atoms with van der Waals surface area (Å²) in [6, 6.07) is 10.1. The molecule has 3 atom stereocenters. The van der Waals surface area contributed by atoms with Crippen LogP contribution < -0.4 is 10.6 Å². The highest BCUT2D eigenvalue weighted by atomic mass is 16.2. The molecule has 0 saturated carbocycles. The van der Waals surface area contributed by atoms with Crippen molar-refractivity contribution in [1.82, 2.24) is 10.6 Å². The lowest BCUT2D eigenvalue weighted by molar-refractivity contribution is -0.124. The Morgan fingerprint density at radius 2 is 2.12 bits per heavy atom. The van der Waals surface area contributed by atoms with Gasteiger partial charge in [-0.25, -0.2) is 0 Å². The normalized spacial score (nSPS) is 25.5. The highest BCUT2D eigenvalue weighted by Crippen LogP contribution is 2.17. The van der Waals surface area contributed by atoms with Crippen LogP contribution in [0.15, 0.2) is 30.3 Å². The van der Waals surface area contributed by atoms with Crippen LogP contribution in [0.2, 0.25) is 0 Å². The maximum absolute atomic E-state index is 12.1. The van der Waals surface area contributed by atoms with Crippen molar-refractivity contribution in [2.24, 2.45) is 5.92 Å². The second-order valence-electron chi connectivity index (χ2n) is 4.84. The molecular weight excluding hydrogens is 212 g/mol. The minimum absolute atomic E-state index is 0.0267. The van der Waals surface area contributed by atoms with Gasteiger partial charge in [0.05, 0.1) is 12.1 Å². The van der Waals surface area contributed by atoms with Gasteiger partial charge in [0, 0.05) is 0 Å². The number of hydrogen-bond donors (Lipinski definition) is 2. The Morgan fingerprint density at radius 3 is 2.71 bits per heavy atom. The molecule has 92 valence electrons. The van der Waals surface area contributed by atoms with Crippen LogP contribution in [0.3, 0.4) is 0 Å². The van der Waals surface area contributed by atoms with E-state index in [1.54, 1.807) is 0 Å². The molecule has 1 aliphatic rings. The Morgan fingerprint density at radius 1 is 1.41 bits per heavy atom. The van der Waals surface area contributed by atoms with Gasteiger partial charge in [-0.1, -0.05) is 37.3 Å². The standard InChI is InChI=1S/C14H20N2O/c1-10-8-9-15-13(10)14(17)16-11(2)12-6-4-3-5-7-12/h3-7,10-11,13,15H,8-9H2,1-2H3,(H,16,17). The van der Waals surface area contributed by atoms with Crippen LogP contribution in [0.4, 0.5) is 0 Å². The molecule has 0 aromatic heterocycles. The number of carbonyl (C=O) groups excluding carboxylic acids is 1. The van der Waals surface area contributed by atoms with Crippen molar-refractivity contribution >= 4 is 5.91 Å². The second kappa shape index (κ2) is 5.32. The molecular formula is C14H20N2O. The van der Waals surface area contributed by atoms with Crippen LogP contribution in [0, 0.1) is 5.92 Å². The van der Waals surface area contributed by atoms with Crippen LogP contribution in [0.1, 0.15) is 31.9 Å². The molecule has 3 heteroatoms. The van der Waals surface area contributed by atoms with Gasteiger partial charge >= 0.3 is 0 Å². The predicted octanol–water partition coefficient (Wildman–Crippen LogP) is 1.86. The maximum Gasteiger partial charge on any atom is 0.237 e. The lowest BCUT2D eigenvalue weighted by Crippen LogP contribution is -2.44. The Kier molecular flexibility index (Phi) is 3.79. The van der Waals surface area contributed by atoms with Crippen LogP contribution in [0.5, 0.6) is 0 Å². The minimum atomic E-state index is -0.0267. The summed E-state index contributed by atoms with van der Waals surface area (Å²) in [5, 5.41) is 6.32. The minimum Gasteiger partial charge on any atom is -0.348 e. The van der Waals surface area contributed by atoms with Crippen molar-refractivity contribution in [3.8, 4) is 0 Å². The predicted molar refractivity (Wildman–Crippen MR) is 68.6 cm³/mol. The first-order valence-corrected chi connectivity index (χ1v) is 6.27. The Bertz CT molecular complexity index is 377. The molecule has 0 aliphatic carbocycles. The third-order valence-corrected chi connectivity index (χ3v) is 3.47. The zero-order valence-electron chi connectivity index (χ0n) is 10.4. The van der Waals surface area contributed by atoms with E-state index in [1.165, 1.54) is 0 Å². The molecule has 0 spiro atoms. The average molecular weight is 232 g/mol. The molecule has 3 nitrogen and oxygen atoms in total. The van der Waals surface area contributed by atoms with Gasteiger partial charge in [0.25, 0.3) is 0 Å². The van der Waals surface area contributed by atoms with Gasteiger partial charge in [0.2, 0.25) is 5.91 Å². The van der Waals surface area contributed by atoms with Crippen LogP contribution in [-0.4, -0.2) is 18.5 Å². The first kappa shape index (κ1) is 12.1. The van der Waals surface area contributed by atoms with Crippen molar-refractivity contribution in [3.05, 3.63) is 35.9 Å². The summed E-state index contributed by atoms with van der Waals surface area (Å²) in [5.41, 5.74) is 1.14. The lowest BCUT2D eigenvalue weighted by Gasteiger charge is -2.20. The van der Waals surface area contributed by atoms with Crippen molar-refractivity contribution in [2.75, 3.05) is 6.54 Å². The fourth-order valence-electron chi connectivity index (χ4n) is 2.31. The summed E-state index contributed by atoms with van der Waals surface area (Å²) in [5.74, 6) is 0.546. The molecule has 1 amide bonds. The second-order valence-corrected chi connectivity index (χ2v) is 4.84. The zero-order valence-corrected chi connectivity index (χ0v) is 10.4. The van der Waals surface area contributed by atoms with Crippen molar-refractivity contribution in [2.45, 2.75) is 32.4 Å². The number of rotatable bonds is 3. The molecule has 3 unspecified atom stereocenters. The third kappa shape index (κ3) is 2.86. The topological polar surface area (TPSA) is 41.1 Å². The van der Waals surface area contributed by atoms with Gasteiger partial charge in [0.15, 0.2) is 0 Å². The summed E-state index contributed by atoms with van der Waals surface area (Å²) in [4.78, 5) is 12.1. The van der Waals surface area contributed by atoms with E-state index in [4.69, 9.17) is 0 Å². The zero-order chi connectivity index (χ0) is 12.3. The fraction of sp³-hybridized carbons (Fsp3) is 0.500. The first-order valence-electron chi connectivity index (χ1n) is 6.27. The lowest BCUT2D eigenvalue weighted by atomic mass is 10.0. The first-order chi connectivity index (χ1) is 8.18. The summed E-state index contributed by atoms with van der Waals surface area (Å²) in [7, 11) is 0. The van der Waals surface area contributed by atoms with E-state index in [1.807, 2.05) is 37.3 Å². The van der Waals surface area contributed by atoms with Gasteiger partial charge in [-0.3, -0.25) is 4.79 Å². The van der Waals surface area contributed by atoms with Gasteiger partial charge in [-0.15, -0.1) is 0 Å². The monoisotopic (exact) mass is 232 g/mol. The smallest absolute Gasteiger partial charge is 0.237 e. The van der Waals surface area contributed by atoms with E-state index in [9.17, 15) is 4.79 Å². The van der Waals surface area contributed by atoms with E-state index in [0.29, 0.717) is 5.92 Å². The van der Waals surface area contributed by atoms with E-state index in [0.717, 1.165) is 18.5 Å². The highest BCUT2D eigenvalue weighted by Gasteiger charge is 2.29. The molecule has 2 N–H and O–H groups in total. The van der Waals surface area contributed by atoms with Gasteiger partial charge in [-0.05, 0) is 31.4 Å². The Hall–Kier alpha value is -1.35. The quantitative estimate of drug-likeness (QED) is 0.835. The van der Waals surface area contributed by atoms with Gasteiger partial charge in [0.1, 0.15) is 0 Å². The Balaban J connectivity index is 1.95. The molecule has 1 saturated heterocycles. The summed E-state index contributed by atoms with van der Waals surface area (Å²) >= 11 is 0. The average Bonchev–Trinajstić information content (AvgIpc) is 2.76. The molecule has 17 heavy (non-hydrogen) atoms. The summed E-state index contributed by atoms with van der Waals surface area (Å²) < 4.78 is 0. The molecule has 1 aromatic carbocycles. The van der Waals surface area contributed by atoms with Crippen LogP contribution in [0.25, 0.3) is 0 Å². The SMILES string of the molecule is CC(NC(=O)C1NCCC1C)c1ccccc1. The Labute approximate surface area is 103 Å². The maximum atomic E-state index is 12.1. The number of hydrogen-bond acceptors (Lipinski definition) is 2. The number of benzene rings is 1. The molecule has 1 heterocycles. The number of carbonyl (C=O) groups is 1. The molecule has 2 rings (SSSR count). The third-order valence-electron chi connectivity index (χ3n) is 3.47. The van der Waals surface area contributed by atoms with E-state index >= 15 is 0 Å². The molecule has 1 aliphatic heterocycles. The summed E-state index contributed by atoms with van der Waals surface area (Å²) in [6.45, 7) is 5.09. The molecule has 0 bridgehead atoms. The summed E-state index contributed by atoms with van der Waals surface area (Å²) in [6.07, 6.45) is 1.08. The van der Waals surface area contributed by atoms with Gasteiger partial charge in [-0.2, -0.15) is 0 Å². The van der Waals surface area contributed by atoms with Crippen LogP contribution in [-0.2, 0) is 4.79 Å². The van der Waals surface area contributed by atoms with Crippen molar-refractivity contribution < 1.29 is 4.79 Å². The van der Waals surface area contributed by atoms with Crippen molar-refractivity contribution in [1.29, 1.82) is 0 Å². The largest absolute Gasteiger partial charge is 0.348 e. The highest BCUT2D eigenvalue weighted by molar-refractivity contribution is 5.82. The van der Waals surface area contributed by atoms with E-state index in [-0.39, 0.29) is 18.0 Å². The van der Waals surface area contributed by atoms with Gasteiger partial charge < -0.3 is 10.6 Å². The molecule has 0 radical (unpaired) electrons.